The minimum absolute atomic E-state index is 0.128. The van der Waals surface area contributed by atoms with Gasteiger partial charge in [-0.1, -0.05) is 11.6 Å². The highest BCUT2D eigenvalue weighted by Crippen LogP contribution is 2.26. The average Bonchev–Trinajstić information content (AvgIpc) is 2.36. The van der Waals surface area contributed by atoms with Crippen LogP contribution in [0.4, 0.5) is 10.1 Å². The highest BCUT2D eigenvalue weighted by atomic mass is 79.9. The number of halogens is 3. The molecular formula is C13H8BrClFNOS. The average molecular weight is 361 g/mol. The molecule has 2 aromatic carbocycles. The van der Waals surface area contributed by atoms with E-state index in [4.69, 9.17) is 11.6 Å². The molecule has 2 nitrogen and oxygen atoms in total. The molecule has 0 aliphatic heterocycles. The van der Waals surface area contributed by atoms with Gasteiger partial charge in [0.05, 0.1) is 5.69 Å². The summed E-state index contributed by atoms with van der Waals surface area (Å²) in [6.45, 7) is 0. The number of hydrogen-bond donors (Lipinski definition) is 2. The molecule has 98 valence electrons. The van der Waals surface area contributed by atoms with Crippen molar-refractivity contribution in [2.75, 3.05) is 5.32 Å². The largest absolute Gasteiger partial charge is 0.321 e. The first-order chi connectivity index (χ1) is 8.97. The maximum Gasteiger partial charge on any atom is 0.255 e. The van der Waals surface area contributed by atoms with Gasteiger partial charge in [0, 0.05) is 20.0 Å². The summed E-state index contributed by atoms with van der Waals surface area (Å²) in [5.41, 5.74) is 0.910. The molecule has 0 heterocycles. The smallest absolute Gasteiger partial charge is 0.255 e. The molecule has 0 radical (unpaired) electrons. The van der Waals surface area contributed by atoms with Gasteiger partial charge in [0.1, 0.15) is 5.82 Å². The fraction of sp³-hybridized carbons (Fsp3) is 0. The molecule has 1 N–H and O–H groups in total. The van der Waals surface area contributed by atoms with Crippen molar-refractivity contribution < 1.29 is 9.18 Å². The maximum atomic E-state index is 13.1. The normalized spacial score (nSPS) is 10.3. The van der Waals surface area contributed by atoms with Crippen LogP contribution in [0.3, 0.4) is 0 Å². The van der Waals surface area contributed by atoms with E-state index >= 15 is 0 Å². The van der Waals surface area contributed by atoms with Crippen molar-refractivity contribution >= 4 is 51.8 Å². The van der Waals surface area contributed by atoms with Gasteiger partial charge in [-0.3, -0.25) is 4.79 Å². The molecule has 0 bridgehead atoms. The van der Waals surface area contributed by atoms with E-state index in [1.54, 1.807) is 18.2 Å². The zero-order valence-electron chi connectivity index (χ0n) is 9.45. The van der Waals surface area contributed by atoms with Crippen LogP contribution < -0.4 is 5.32 Å². The highest BCUT2D eigenvalue weighted by molar-refractivity contribution is 9.10. The van der Waals surface area contributed by atoms with Crippen molar-refractivity contribution in [3.8, 4) is 0 Å². The Balaban J connectivity index is 2.23. The van der Waals surface area contributed by atoms with E-state index in [-0.39, 0.29) is 10.8 Å². The van der Waals surface area contributed by atoms with Gasteiger partial charge in [0.2, 0.25) is 0 Å². The molecule has 6 heteroatoms. The van der Waals surface area contributed by atoms with Crippen molar-refractivity contribution in [3.63, 3.8) is 0 Å². The summed E-state index contributed by atoms with van der Waals surface area (Å²) in [5, 5.41) is 3.26. The number of rotatable bonds is 2. The van der Waals surface area contributed by atoms with E-state index in [2.05, 4.69) is 33.9 Å². The molecule has 0 fully saturated rings. The molecule has 0 atom stereocenters. The molecule has 2 aromatic rings. The standard InChI is InChI=1S/C13H8BrClFNOS/c14-9-6-8(15)2-4-11(9)17-13(18)7-1-3-10(16)12(19)5-7/h1-6,19H,(H,17,18). The number of carbonyl (C=O) groups excluding carboxylic acids is 1. The first-order valence-corrected chi connectivity index (χ1v) is 6.84. The van der Waals surface area contributed by atoms with E-state index in [1.165, 1.54) is 18.2 Å². The predicted octanol–water partition coefficient (Wildman–Crippen LogP) is 4.78. The second-order valence-corrected chi connectivity index (χ2v) is 5.52. The van der Waals surface area contributed by atoms with Gasteiger partial charge in [-0.2, -0.15) is 0 Å². The van der Waals surface area contributed by atoms with Crippen molar-refractivity contribution in [3.05, 3.63) is 57.3 Å². The van der Waals surface area contributed by atoms with Crippen LogP contribution in [-0.2, 0) is 0 Å². The lowest BCUT2D eigenvalue weighted by molar-refractivity contribution is 0.102. The summed E-state index contributed by atoms with van der Waals surface area (Å²) in [5.74, 6) is -0.814. The van der Waals surface area contributed by atoms with Crippen molar-refractivity contribution in [1.29, 1.82) is 0 Å². The van der Waals surface area contributed by atoms with Crippen LogP contribution in [0.2, 0.25) is 5.02 Å². The molecule has 0 spiro atoms. The molecule has 0 aromatic heterocycles. The Kier molecular flexibility index (Phi) is 4.50. The van der Waals surface area contributed by atoms with E-state index in [1.807, 2.05) is 0 Å². The Bertz CT molecular complexity index is 651. The predicted molar refractivity (Wildman–Crippen MR) is 80.8 cm³/mol. The molecule has 0 aliphatic rings. The fourth-order valence-corrected chi connectivity index (χ4v) is 2.43. The second-order valence-electron chi connectivity index (χ2n) is 3.74. The third-order valence-electron chi connectivity index (χ3n) is 2.39. The van der Waals surface area contributed by atoms with E-state index < -0.39 is 5.82 Å². The number of carbonyl (C=O) groups is 1. The summed E-state index contributed by atoms with van der Waals surface area (Å²) in [6, 6.07) is 8.98. The fourth-order valence-electron chi connectivity index (χ4n) is 1.44. The Labute approximate surface area is 128 Å². The Hall–Kier alpha value is -1.04. The van der Waals surface area contributed by atoms with Gasteiger partial charge in [0.25, 0.3) is 5.91 Å². The number of nitrogens with one attached hydrogen (secondary N) is 1. The summed E-state index contributed by atoms with van der Waals surface area (Å²) in [4.78, 5) is 12.1. The first-order valence-electron chi connectivity index (χ1n) is 5.22. The van der Waals surface area contributed by atoms with Gasteiger partial charge in [-0.25, -0.2) is 4.39 Å². The number of anilines is 1. The zero-order chi connectivity index (χ0) is 14.0. The Morgan fingerprint density at radius 3 is 2.63 bits per heavy atom. The minimum atomic E-state index is -0.465. The maximum absolute atomic E-state index is 13.1. The summed E-state index contributed by atoms with van der Waals surface area (Å²) >= 11 is 13.1. The molecule has 0 aliphatic carbocycles. The quantitative estimate of drug-likeness (QED) is 0.741. The van der Waals surface area contributed by atoms with Crippen LogP contribution in [-0.4, -0.2) is 5.91 Å². The van der Waals surface area contributed by atoms with E-state index in [0.29, 0.717) is 20.7 Å². The van der Waals surface area contributed by atoms with Crippen molar-refractivity contribution in [1.82, 2.24) is 0 Å². The topological polar surface area (TPSA) is 29.1 Å². The number of hydrogen-bond acceptors (Lipinski definition) is 2. The molecule has 0 saturated heterocycles. The summed E-state index contributed by atoms with van der Waals surface area (Å²) in [6.07, 6.45) is 0. The van der Waals surface area contributed by atoms with Gasteiger partial charge in [-0.15, -0.1) is 12.6 Å². The monoisotopic (exact) mass is 359 g/mol. The number of amides is 1. The van der Waals surface area contributed by atoms with Crippen LogP contribution in [0.5, 0.6) is 0 Å². The number of benzene rings is 2. The molecule has 0 saturated carbocycles. The minimum Gasteiger partial charge on any atom is -0.321 e. The lowest BCUT2D eigenvalue weighted by atomic mass is 10.2. The lowest BCUT2D eigenvalue weighted by Gasteiger charge is -2.08. The molecule has 0 unspecified atom stereocenters. The molecule has 2 rings (SSSR count). The second kappa shape index (κ2) is 5.94. The SMILES string of the molecule is O=C(Nc1ccc(Cl)cc1Br)c1ccc(F)c(S)c1. The number of thiol groups is 1. The van der Waals surface area contributed by atoms with Crippen LogP contribution >= 0.6 is 40.2 Å². The van der Waals surface area contributed by atoms with Crippen LogP contribution in [0, 0.1) is 5.82 Å². The van der Waals surface area contributed by atoms with E-state index in [0.717, 1.165) is 0 Å². The van der Waals surface area contributed by atoms with Crippen LogP contribution in [0.15, 0.2) is 45.8 Å². The molecule has 1 amide bonds. The zero-order valence-corrected chi connectivity index (χ0v) is 12.7. The van der Waals surface area contributed by atoms with Gasteiger partial charge >= 0.3 is 0 Å². The van der Waals surface area contributed by atoms with Gasteiger partial charge in [-0.05, 0) is 52.3 Å². The van der Waals surface area contributed by atoms with Gasteiger partial charge < -0.3 is 5.32 Å². The molecular weight excluding hydrogens is 353 g/mol. The van der Waals surface area contributed by atoms with Crippen molar-refractivity contribution in [2.45, 2.75) is 4.90 Å². The third-order valence-corrected chi connectivity index (χ3v) is 3.62. The van der Waals surface area contributed by atoms with Crippen LogP contribution in [0.1, 0.15) is 10.4 Å². The Morgan fingerprint density at radius 1 is 1.26 bits per heavy atom. The Morgan fingerprint density at radius 2 is 2.00 bits per heavy atom. The third kappa shape index (κ3) is 3.49. The van der Waals surface area contributed by atoms with Crippen LogP contribution in [0.25, 0.3) is 0 Å². The van der Waals surface area contributed by atoms with Crippen molar-refractivity contribution in [2.24, 2.45) is 0 Å². The highest BCUT2D eigenvalue weighted by Gasteiger charge is 2.10. The summed E-state index contributed by atoms with van der Waals surface area (Å²) < 4.78 is 13.7. The van der Waals surface area contributed by atoms with E-state index in [9.17, 15) is 9.18 Å². The lowest BCUT2D eigenvalue weighted by Crippen LogP contribution is -2.12. The van der Waals surface area contributed by atoms with Gasteiger partial charge in [0.15, 0.2) is 0 Å². The first kappa shape index (κ1) is 14.4. The molecule has 19 heavy (non-hydrogen) atoms. The summed E-state index contributed by atoms with van der Waals surface area (Å²) in [7, 11) is 0.